The zero-order valence-corrected chi connectivity index (χ0v) is 5.50. The minimum absolute atomic E-state index is 0.473. The standard InChI is InChI=1S/C6H11NO2/c1-9-4-6(7-8)5-2-3-5/h5,8H,2-4H2,1H3. The van der Waals surface area contributed by atoms with Gasteiger partial charge in [-0.2, -0.15) is 0 Å². The van der Waals surface area contributed by atoms with E-state index < -0.39 is 0 Å². The van der Waals surface area contributed by atoms with Gasteiger partial charge in [-0.1, -0.05) is 5.16 Å². The summed E-state index contributed by atoms with van der Waals surface area (Å²) in [6.45, 7) is 0.473. The van der Waals surface area contributed by atoms with Gasteiger partial charge in [0.15, 0.2) is 0 Å². The van der Waals surface area contributed by atoms with Gasteiger partial charge in [0.05, 0.1) is 12.3 Å². The Morgan fingerprint density at radius 2 is 2.44 bits per heavy atom. The molecule has 1 N–H and O–H groups in total. The Kier molecular flexibility index (Phi) is 2.05. The fraction of sp³-hybridized carbons (Fsp3) is 0.833. The van der Waals surface area contributed by atoms with E-state index in [9.17, 15) is 0 Å². The monoisotopic (exact) mass is 129 g/mol. The van der Waals surface area contributed by atoms with E-state index in [1.54, 1.807) is 7.11 Å². The first kappa shape index (κ1) is 6.55. The minimum atomic E-state index is 0.473. The molecular formula is C6H11NO2. The van der Waals surface area contributed by atoms with Crippen LogP contribution in [-0.4, -0.2) is 24.6 Å². The summed E-state index contributed by atoms with van der Waals surface area (Å²) in [5.74, 6) is 0.509. The third-order valence-corrected chi connectivity index (χ3v) is 1.47. The maximum atomic E-state index is 8.38. The van der Waals surface area contributed by atoms with E-state index in [2.05, 4.69) is 5.16 Å². The first-order valence-corrected chi connectivity index (χ1v) is 3.08. The van der Waals surface area contributed by atoms with Crippen LogP contribution >= 0.6 is 0 Å². The second kappa shape index (κ2) is 2.82. The van der Waals surface area contributed by atoms with Crippen LogP contribution in [0.4, 0.5) is 0 Å². The molecule has 0 amide bonds. The van der Waals surface area contributed by atoms with Crippen LogP contribution in [0.15, 0.2) is 5.16 Å². The van der Waals surface area contributed by atoms with E-state index in [0.29, 0.717) is 12.5 Å². The molecular weight excluding hydrogens is 118 g/mol. The molecule has 1 fully saturated rings. The summed E-state index contributed by atoms with van der Waals surface area (Å²) in [5, 5.41) is 11.5. The van der Waals surface area contributed by atoms with Crippen LogP contribution in [0.3, 0.4) is 0 Å². The Labute approximate surface area is 54.3 Å². The summed E-state index contributed by atoms with van der Waals surface area (Å²) in [6.07, 6.45) is 2.31. The van der Waals surface area contributed by atoms with Crippen molar-refractivity contribution in [3.8, 4) is 0 Å². The normalized spacial score (nSPS) is 20.3. The summed E-state index contributed by atoms with van der Waals surface area (Å²) in [5.41, 5.74) is 0.789. The number of hydrogen-bond donors (Lipinski definition) is 1. The highest BCUT2D eigenvalue weighted by Crippen LogP contribution is 2.30. The van der Waals surface area contributed by atoms with Crippen LogP contribution in [0.5, 0.6) is 0 Å². The molecule has 0 aliphatic heterocycles. The highest BCUT2D eigenvalue weighted by Gasteiger charge is 2.27. The quantitative estimate of drug-likeness (QED) is 0.349. The van der Waals surface area contributed by atoms with Crippen LogP contribution < -0.4 is 0 Å². The van der Waals surface area contributed by atoms with Crippen molar-refractivity contribution >= 4 is 5.71 Å². The SMILES string of the molecule is COCC(=NO)C1CC1. The fourth-order valence-corrected chi connectivity index (χ4v) is 0.793. The largest absolute Gasteiger partial charge is 0.411 e. The zero-order valence-electron chi connectivity index (χ0n) is 5.50. The molecule has 1 saturated carbocycles. The van der Waals surface area contributed by atoms with Gasteiger partial charge in [0.1, 0.15) is 0 Å². The minimum Gasteiger partial charge on any atom is -0.411 e. The molecule has 9 heavy (non-hydrogen) atoms. The number of oxime groups is 1. The molecule has 0 aromatic heterocycles. The predicted octanol–water partition coefficient (Wildman–Crippen LogP) is 0.873. The van der Waals surface area contributed by atoms with Gasteiger partial charge in [-0.3, -0.25) is 0 Å². The highest BCUT2D eigenvalue weighted by atomic mass is 16.5. The van der Waals surface area contributed by atoms with Gasteiger partial charge in [0, 0.05) is 13.0 Å². The second-order valence-electron chi connectivity index (χ2n) is 2.30. The summed E-state index contributed by atoms with van der Waals surface area (Å²) < 4.78 is 4.81. The molecule has 0 heterocycles. The molecule has 0 radical (unpaired) electrons. The maximum Gasteiger partial charge on any atom is 0.0880 e. The highest BCUT2D eigenvalue weighted by molar-refractivity contribution is 5.89. The number of ether oxygens (including phenoxy) is 1. The van der Waals surface area contributed by atoms with Gasteiger partial charge in [-0.05, 0) is 12.8 Å². The van der Waals surface area contributed by atoms with Gasteiger partial charge in [0.25, 0.3) is 0 Å². The first-order valence-electron chi connectivity index (χ1n) is 3.08. The van der Waals surface area contributed by atoms with Gasteiger partial charge >= 0.3 is 0 Å². The summed E-state index contributed by atoms with van der Waals surface area (Å²) >= 11 is 0. The molecule has 0 bridgehead atoms. The Balaban J connectivity index is 2.30. The average Bonchev–Trinajstić information content (AvgIpc) is 2.64. The maximum absolute atomic E-state index is 8.38. The molecule has 3 nitrogen and oxygen atoms in total. The summed E-state index contributed by atoms with van der Waals surface area (Å²) in [4.78, 5) is 0. The number of rotatable bonds is 3. The van der Waals surface area contributed by atoms with Crippen LogP contribution in [0.1, 0.15) is 12.8 Å². The van der Waals surface area contributed by atoms with E-state index in [-0.39, 0.29) is 0 Å². The second-order valence-corrected chi connectivity index (χ2v) is 2.30. The molecule has 52 valence electrons. The van der Waals surface area contributed by atoms with Crippen molar-refractivity contribution in [1.29, 1.82) is 0 Å². The van der Waals surface area contributed by atoms with Crippen LogP contribution in [-0.2, 0) is 4.74 Å². The van der Waals surface area contributed by atoms with E-state index >= 15 is 0 Å². The third-order valence-electron chi connectivity index (χ3n) is 1.47. The van der Waals surface area contributed by atoms with Gasteiger partial charge in [-0.25, -0.2) is 0 Å². The lowest BCUT2D eigenvalue weighted by Crippen LogP contribution is -2.08. The molecule has 0 aromatic carbocycles. The molecule has 1 rings (SSSR count). The lowest BCUT2D eigenvalue weighted by atomic mass is 10.3. The first-order chi connectivity index (χ1) is 4.38. The Hall–Kier alpha value is -0.570. The summed E-state index contributed by atoms with van der Waals surface area (Å²) in [6, 6.07) is 0. The molecule has 1 aliphatic carbocycles. The van der Waals surface area contributed by atoms with Crippen molar-refractivity contribution < 1.29 is 9.94 Å². The topological polar surface area (TPSA) is 41.8 Å². The molecule has 0 saturated heterocycles. The van der Waals surface area contributed by atoms with Crippen LogP contribution in [0.2, 0.25) is 0 Å². The number of nitrogens with zero attached hydrogens (tertiary/aromatic N) is 1. The van der Waals surface area contributed by atoms with Gasteiger partial charge < -0.3 is 9.94 Å². The smallest absolute Gasteiger partial charge is 0.0880 e. The third kappa shape index (κ3) is 1.68. The molecule has 0 atom stereocenters. The van der Waals surface area contributed by atoms with Crippen molar-refractivity contribution in [3.63, 3.8) is 0 Å². The van der Waals surface area contributed by atoms with E-state index in [0.717, 1.165) is 18.6 Å². The Bertz CT molecular complexity index is 118. The average molecular weight is 129 g/mol. The molecule has 1 aliphatic rings. The van der Waals surface area contributed by atoms with E-state index in [4.69, 9.17) is 9.94 Å². The van der Waals surface area contributed by atoms with Crippen molar-refractivity contribution in [2.75, 3.05) is 13.7 Å². The molecule has 0 unspecified atom stereocenters. The van der Waals surface area contributed by atoms with Crippen molar-refractivity contribution in [3.05, 3.63) is 0 Å². The van der Waals surface area contributed by atoms with Crippen LogP contribution in [0, 0.1) is 5.92 Å². The molecule has 0 aromatic rings. The van der Waals surface area contributed by atoms with Gasteiger partial charge in [-0.15, -0.1) is 0 Å². The fourth-order valence-electron chi connectivity index (χ4n) is 0.793. The Morgan fingerprint density at radius 1 is 1.78 bits per heavy atom. The van der Waals surface area contributed by atoms with Crippen LogP contribution in [0.25, 0.3) is 0 Å². The summed E-state index contributed by atoms with van der Waals surface area (Å²) in [7, 11) is 1.60. The number of methoxy groups -OCH3 is 1. The van der Waals surface area contributed by atoms with Crippen molar-refractivity contribution in [1.82, 2.24) is 0 Å². The van der Waals surface area contributed by atoms with Gasteiger partial charge in [0.2, 0.25) is 0 Å². The van der Waals surface area contributed by atoms with Crippen molar-refractivity contribution in [2.24, 2.45) is 11.1 Å². The lowest BCUT2D eigenvalue weighted by Gasteiger charge is -1.97. The molecule has 3 heteroatoms. The van der Waals surface area contributed by atoms with E-state index in [1.165, 1.54) is 0 Å². The Morgan fingerprint density at radius 3 is 2.78 bits per heavy atom. The van der Waals surface area contributed by atoms with E-state index in [1.807, 2.05) is 0 Å². The lowest BCUT2D eigenvalue weighted by molar-refractivity contribution is 0.234. The zero-order chi connectivity index (χ0) is 6.69. The molecule has 0 spiro atoms. The predicted molar refractivity (Wildman–Crippen MR) is 33.8 cm³/mol. The number of hydrogen-bond acceptors (Lipinski definition) is 3. The van der Waals surface area contributed by atoms with Crippen molar-refractivity contribution in [2.45, 2.75) is 12.8 Å².